The molecule has 1 aromatic rings. The first-order chi connectivity index (χ1) is 16.2. The van der Waals surface area contributed by atoms with Crippen LogP contribution in [0.5, 0.6) is 0 Å². The first-order valence-corrected chi connectivity index (χ1v) is 10.2. The van der Waals surface area contributed by atoms with Gasteiger partial charge < -0.3 is 31.5 Å². The van der Waals surface area contributed by atoms with Crippen LogP contribution in [0.25, 0.3) is 0 Å². The van der Waals surface area contributed by atoms with Gasteiger partial charge in [0.15, 0.2) is 11.9 Å². The smallest absolute Gasteiger partial charge is 0.326 e. The number of fused-ring (bicyclic) bond motifs is 1. The fourth-order valence-electron chi connectivity index (χ4n) is 3.48. The molecule has 3 amide bonds. The van der Waals surface area contributed by atoms with E-state index < -0.39 is 48.3 Å². The third-order valence-electron chi connectivity index (χ3n) is 5.22. The van der Waals surface area contributed by atoms with Gasteiger partial charge in [0, 0.05) is 62.0 Å². The fourth-order valence-corrected chi connectivity index (χ4v) is 3.48. The van der Waals surface area contributed by atoms with Crippen molar-refractivity contribution in [1.82, 2.24) is 15.5 Å². The standard InChI is InChI=1S/C20H23N7O7.Ca/c21-20-25-16-15(18(32)26-20)27(9-28)12(8-23-16)7-22-11-3-1-10(2-4-11)17(31)24-13(19(33)34)5-6-14(29)30;/h1-4,9,12-13,15,22H,5-8H2,(H,24,31)(H,29,30)(H,33,34)(H3,21,23,25,26,32);/t12-,13-,15?;/m0./s1. The molecule has 0 fully saturated rings. The number of carboxylic acid groups (broad SMARTS) is 2. The van der Waals surface area contributed by atoms with E-state index >= 15 is 0 Å². The molecule has 2 radical (unpaired) electrons. The summed E-state index contributed by atoms with van der Waals surface area (Å²) in [5.41, 5.74) is 6.32. The molecule has 0 aromatic heterocycles. The second-order valence-corrected chi connectivity index (χ2v) is 7.55. The average Bonchev–Trinajstić information content (AvgIpc) is 2.79. The monoisotopic (exact) mass is 513 g/mol. The Labute approximate surface area is 229 Å². The molecule has 2 heterocycles. The van der Waals surface area contributed by atoms with Crippen LogP contribution in [-0.4, -0.2) is 126 Å². The minimum atomic E-state index is -1.33. The van der Waals surface area contributed by atoms with Gasteiger partial charge in [-0.25, -0.2) is 4.79 Å². The summed E-state index contributed by atoms with van der Waals surface area (Å²) in [6.45, 7) is 0.454. The number of amidine groups is 1. The van der Waals surface area contributed by atoms with Gasteiger partial charge in [-0.15, -0.1) is 0 Å². The molecule has 2 aliphatic heterocycles. The molecule has 3 atom stereocenters. The molecule has 0 saturated heterocycles. The van der Waals surface area contributed by atoms with E-state index in [1.54, 1.807) is 12.1 Å². The summed E-state index contributed by atoms with van der Waals surface area (Å²) in [6, 6.07) is 3.36. The number of anilines is 1. The molecule has 7 N–H and O–H groups in total. The maximum absolute atomic E-state index is 12.3. The molecule has 15 heteroatoms. The summed E-state index contributed by atoms with van der Waals surface area (Å²) in [7, 11) is 0. The van der Waals surface area contributed by atoms with Crippen LogP contribution >= 0.6 is 0 Å². The van der Waals surface area contributed by atoms with E-state index in [1.165, 1.54) is 17.0 Å². The zero-order valence-corrected chi connectivity index (χ0v) is 20.7. The van der Waals surface area contributed by atoms with Crippen LogP contribution < -0.4 is 21.7 Å². The summed E-state index contributed by atoms with van der Waals surface area (Å²) in [5.74, 6) is -3.56. The van der Waals surface area contributed by atoms with Crippen LogP contribution in [0.15, 0.2) is 34.3 Å². The summed E-state index contributed by atoms with van der Waals surface area (Å²) in [5, 5.41) is 25.7. The molecule has 0 saturated carbocycles. The van der Waals surface area contributed by atoms with Gasteiger partial charge in [-0.1, -0.05) is 0 Å². The molecule has 1 aromatic carbocycles. The zero-order valence-electron chi connectivity index (χ0n) is 18.5. The Balaban J connectivity index is 0.00000432. The molecule has 0 aliphatic carbocycles. The van der Waals surface area contributed by atoms with Crippen LogP contribution in [0.1, 0.15) is 23.2 Å². The number of rotatable bonds is 10. The Bertz CT molecular complexity index is 1060. The number of aliphatic carboxylic acids is 2. The number of carbonyl (C=O) groups is 5. The van der Waals surface area contributed by atoms with E-state index in [2.05, 4.69) is 25.9 Å². The number of carboxylic acids is 2. The van der Waals surface area contributed by atoms with E-state index in [-0.39, 0.29) is 74.6 Å². The number of amides is 3. The van der Waals surface area contributed by atoms with Gasteiger partial charge in [0.05, 0.1) is 12.6 Å². The number of carbonyl (C=O) groups excluding carboxylic acids is 3. The number of benzene rings is 1. The number of hydrogen-bond donors (Lipinski definition) is 6. The molecule has 2 aliphatic rings. The number of nitrogens with two attached hydrogens (primary N) is 1. The van der Waals surface area contributed by atoms with Crippen molar-refractivity contribution in [2.24, 2.45) is 15.7 Å². The minimum Gasteiger partial charge on any atom is -0.481 e. The Hall–Kier alpha value is -3.23. The summed E-state index contributed by atoms with van der Waals surface area (Å²) < 4.78 is 0. The molecule has 3 rings (SSSR count). The van der Waals surface area contributed by atoms with Crippen molar-refractivity contribution in [1.29, 1.82) is 0 Å². The van der Waals surface area contributed by atoms with E-state index in [1.807, 2.05) is 0 Å². The average molecular weight is 514 g/mol. The van der Waals surface area contributed by atoms with Crippen molar-refractivity contribution in [2.45, 2.75) is 31.0 Å². The van der Waals surface area contributed by atoms with Crippen molar-refractivity contribution >= 4 is 85.4 Å². The number of nitrogens with zero attached hydrogens (tertiary/aromatic N) is 3. The maximum atomic E-state index is 12.3. The van der Waals surface area contributed by atoms with Crippen LogP contribution in [0.4, 0.5) is 5.69 Å². The van der Waals surface area contributed by atoms with Gasteiger partial charge in [0.2, 0.25) is 12.4 Å². The van der Waals surface area contributed by atoms with Gasteiger partial charge in [-0.05, 0) is 30.7 Å². The molecule has 1 unspecified atom stereocenters. The van der Waals surface area contributed by atoms with Gasteiger partial charge in [-0.2, -0.15) is 4.99 Å². The predicted molar refractivity (Wildman–Crippen MR) is 124 cm³/mol. The molecular formula is C20H23CaN7O7. The first-order valence-electron chi connectivity index (χ1n) is 10.2. The molecule has 0 spiro atoms. The van der Waals surface area contributed by atoms with Crippen LogP contribution in [0.3, 0.4) is 0 Å². The van der Waals surface area contributed by atoms with Gasteiger partial charge in [0.25, 0.3) is 11.8 Å². The van der Waals surface area contributed by atoms with Gasteiger partial charge in [-0.3, -0.25) is 29.5 Å². The van der Waals surface area contributed by atoms with Gasteiger partial charge >= 0.3 is 11.9 Å². The van der Waals surface area contributed by atoms with E-state index in [0.29, 0.717) is 12.1 Å². The predicted octanol–water partition coefficient (Wildman–Crippen LogP) is -2.18. The Morgan fingerprint density at radius 3 is 2.54 bits per heavy atom. The topological polar surface area (TPSA) is 216 Å². The normalized spacial score (nSPS) is 19.5. The van der Waals surface area contributed by atoms with E-state index in [0.717, 1.165) is 0 Å². The fraction of sp³-hybridized carbons (Fsp3) is 0.350. The molecule has 35 heavy (non-hydrogen) atoms. The third kappa shape index (κ3) is 7.13. The first kappa shape index (κ1) is 28.0. The summed E-state index contributed by atoms with van der Waals surface area (Å²) >= 11 is 0. The number of hydrogen-bond acceptors (Lipinski definition) is 9. The maximum Gasteiger partial charge on any atom is 0.326 e. The quantitative estimate of drug-likeness (QED) is 0.148. The minimum absolute atomic E-state index is 0. The van der Waals surface area contributed by atoms with Crippen molar-refractivity contribution in [3.8, 4) is 0 Å². The summed E-state index contributed by atoms with van der Waals surface area (Å²) in [4.78, 5) is 67.7. The van der Waals surface area contributed by atoms with Crippen LogP contribution in [0, 0.1) is 0 Å². The van der Waals surface area contributed by atoms with Crippen molar-refractivity contribution in [2.75, 3.05) is 18.4 Å². The second-order valence-electron chi connectivity index (χ2n) is 7.55. The third-order valence-corrected chi connectivity index (χ3v) is 5.22. The molecule has 182 valence electrons. The van der Waals surface area contributed by atoms with Crippen LogP contribution in [-0.2, 0) is 19.2 Å². The van der Waals surface area contributed by atoms with Crippen molar-refractivity contribution in [3.63, 3.8) is 0 Å². The Morgan fingerprint density at radius 1 is 1.26 bits per heavy atom. The van der Waals surface area contributed by atoms with Crippen molar-refractivity contribution < 1.29 is 34.2 Å². The zero-order chi connectivity index (χ0) is 24.8. The summed E-state index contributed by atoms with van der Waals surface area (Å²) in [6.07, 6.45) is -0.0857. The molecule has 14 nitrogen and oxygen atoms in total. The molecule has 0 bridgehead atoms. The second kappa shape index (κ2) is 12.5. The van der Waals surface area contributed by atoms with Crippen molar-refractivity contribution in [3.05, 3.63) is 29.8 Å². The Morgan fingerprint density at radius 2 is 1.94 bits per heavy atom. The van der Waals surface area contributed by atoms with Gasteiger partial charge in [0.1, 0.15) is 6.04 Å². The number of aliphatic imine (C=N–C) groups is 2. The SMILES string of the molecule is NC1=NC2=NC[C@H](CNc3ccc(C(=O)N[C@@H](CCC(=O)O)C(=O)O)cc3)N(C=O)C2C(=O)N1.[Ca]. The molecular weight excluding hydrogens is 490 g/mol. The largest absolute Gasteiger partial charge is 0.481 e. The van der Waals surface area contributed by atoms with E-state index in [9.17, 15) is 24.0 Å². The number of nitrogens with one attached hydrogen (secondary N) is 3. The Kier molecular flexibility index (Phi) is 9.98. The van der Waals surface area contributed by atoms with E-state index in [4.69, 9.17) is 15.9 Å². The van der Waals surface area contributed by atoms with Crippen LogP contribution in [0.2, 0.25) is 0 Å². The number of guanidine groups is 1.